The smallest absolute Gasteiger partial charge is 0.265 e. The number of ether oxygens (including phenoxy) is 1. The highest BCUT2D eigenvalue weighted by Gasteiger charge is 2.34. The summed E-state index contributed by atoms with van der Waals surface area (Å²) in [6.45, 7) is 5.55. The molecule has 2 aromatic carbocycles. The lowest BCUT2D eigenvalue weighted by Crippen LogP contribution is -2.48. The summed E-state index contributed by atoms with van der Waals surface area (Å²) in [7, 11) is -3.74. The van der Waals surface area contributed by atoms with E-state index >= 15 is 0 Å². The second-order valence-corrected chi connectivity index (χ2v) is 10.4. The number of anilines is 2. The first-order chi connectivity index (χ1) is 16.9. The van der Waals surface area contributed by atoms with Gasteiger partial charge in [0.1, 0.15) is 5.75 Å². The average Bonchev–Trinajstić information content (AvgIpc) is 3.34. The second kappa shape index (κ2) is 9.31. The van der Waals surface area contributed by atoms with Crippen molar-refractivity contribution in [2.75, 3.05) is 42.6 Å². The zero-order chi connectivity index (χ0) is 24.6. The lowest BCUT2D eigenvalue weighted by atomic mass is 10.1. The van der Waals surface area contributed by atoms with Crippen molar-refractivity contribution in [3.63, 3.8) is 0 Å². The van der Waals surface area contributed by atoms with Gasteiger partial charge in [-0.25, -0.2) is 8.42 Å². The highest BCUT2D eigenvalue weighted by molar-refractivity contribution is 7.89. The van der Waals surface area contributed by atoms with E-state index in [9.17, 15) is 13.2 Å². The van der Waals surface area contributed by atoms with Gasteiger partial charge in [-0.1, -0.05) is 30.3 Å². The van der Waals surface area contributed by atoms with Gasteiger partial charge in [0.25, 0.3) is 5.91 Å². The molecule has 11 heteroatoms. The van der Waals surface area contributed by atoms with Crippen molar-refractivity contribution in [1.82, 2.24) is 14.4 Å². The van der Waals surface area contributed by atoms with E-state index in [4.69, 9.17) is 9.26 Å². The van der Waals surface area contributed by atoms with Crippen LogP contribution in [0.5, 0.6) is 5.75 Å². The first-order valence-corrected chi connectivity index (χ1v) is 13.0. The molecule has 0 bridgehead atoms. The number of piperazine rings is 1. The minimum Gasteiger partial charge on any atom is -0.482 e. The van der Waals surface area contributed by atoms with E-state index in [1.807, 2.05) is 37.3 Å². The number of aromatic nitrogens is 2. The molecule has 0 saturated carbocycles. The maximum atomic E-state index is 13.5. The van der Waals surface area contributed by atoms with Gasteiger partial charge in [0, 0.05) is 44.4 Å². The summed E-state index contributed by atoms with van der Waals surface area (Å²) < 4.78 is 39.4. The van der Waals surface area contributed by atoms with Crippen LogP contribution in [0.15, 0.2) is 51.9 Å². The van der Waals surface area contributed by atoms with Crippen LogP contribution in [-0.2, 0) is 27.8 Å². The van der Waals surface area contributed by atoms with E-state index in [1.165, 1.54) is 15.3 Å². The number of nitrogens with zero attached hydrogens (tertiary/aromatic N) is 5. The van der Waals surface area contributed by atoms with Crippen LogP contribution >= 0.6 is 0 Å². The number of aryl methyl sites for hydroxylation is 2. The lowest BCUT2D eigenvalue weighted by molar-refractivity contribution is -0.121. The second-order valence-electron chi connectivity index (χ2n) is 8.54. The van der Waals surface area contributed by atoms with Crippen LogP contribution in [0.2, 0.25) is 0 Å². The fourth-order valence-electron chi connectivity index (χ4n) is 4.39. The number of benzene rings is 2. The maximum absolute atomic E-state index is 13.5. The highest BCUT2D eigenvalue weighted by atomic mass is 32.2. The van der Waals surface area contributed by atoms with Gasteiger partial charge >= 0.3 is 0 Å². The topological polar surface area (TPSA) is 109 Å². The van der Waals surface area contributed by atoms with Gasteiger partial charge in [-0.3, -0.25) is 9.69 Å². The molecule has 0 radical (unpaired) electrons. The SMILES string of the molecule is CCc1nc(CN2C(=O)COc3cc(S(=O)(=O)N4CCN(c5ccccc5)CC4)c(C)cc32)no1. The first kappa shape index (κ1) is 23.3. The number of hydrogen-bond acceptors (Lipinski definition) is 8. The van der Waals surface area contributed by atoms with Crippen LogP contribution in [0.25, 0.3) is 0 Å². The Morgan fingerprint density at radius 3 is 2.49 bits per heavy atom. The van der Waals surface area contributed by atoms with Crippen LogP contribution in [-0.4, -0.2) is 61.6 Å². The molecule has 1 aromatic heterocycles. The molecule has 0 N–H and O–H groups in total. The molecule has 0 spiro atoms. The van der Waals surface area contributed by atoms with Crippen LogP contribution in [0.3, 0.4) is 0 Å². The minimum atomic E-state index is -3.74. The molecule has 0 atom stereocenters. The molecule has 1 amide bonds. The number of fused-ring (bicyclic) bond motifs is 1. The molecular weight excluding hydrogens is 470 g/mol. The normalized spacial score (nSPS) is 16.8. The van der Waals surface area contributed by atoms with Crippen molar-refractivity contribution in [2.24, 2.45) is 0 Å². The summed E-state index contributed by atoms with van der Waals surface area (Å²) in [5.41, 5.74) is 2.12. The Kier molecular flexibility index (Phi) is 6.20. The Labute approximate surface area is 204 Å². The van der Waals surface area contributed by atoms with Crippen LogP contribution in [0, 0.1) is 6.92 Å². The molecule has 1 fully saturated rings. The van der Waals surface area contributed by atoms with E-state index in [-0.39, 0.29) is 24.0 Å². The monoisotopic (exact) mass is 497 g/mol. The van der Waals surface area contributed by atoms with E-state index in [1.54, 1.807) is 13.0 Å². The fraction of sp³-hybridized carbons (Fsp3) is 0.375. The third kappa shape index (κ3) is 4.48. The zero-order valence-electron chi connectivity index (χ0n) is 19.7. The Balaban J connectivity index is 1.38. The Bertz CT molecular complexity index is 1330. The molecule has 0 aliphatic carbocycles. The summed E-state index contributed by atoms with van der Waals surface area (Å²) in [5.74, 6) is 0.961. The first-order valence-electron chi connectivity index (χ1n) is 11.6. The number of rotatable bonds is 6. The standard InChI is InChI=1S/C24H27N5O5S/c1-3-23-25-22(26-34-23)15-29-19-13-17(2)21(14-20(19)33-16-24(29)30)35(31,32)28-11-9-27(10-12-28)18-7-5-4-6-8-18/h4-8,13-14H,3,9-12,15-16H2,1-2H3. The van der Waals surface area contributed by atoms with Gasteiger partial charge in [0.2, 0.25) is 15.9 Å². The van der Waals surface area contributed by atoms with Crippen LogP contribution in [0.4, 0.5) is 11.4 Å². The predicted octanol–water partition coefficient (Wildman–Crippen LogP) is 2.38. The van der Waals surface area contributed by atoms with Crippen molar-refractivity contribution in [3.8, 4) is 5.75 Å². The number of carbonyl (C=O) groups is 1. The molecule has 3 aromatic rings. The molecule has 3 heterocycles. The third-order valence-electron chi connectivity index (χ3n) is 6.29. The predicted molar refractivity (Wildman–Crippen MR) is 129 cm³/mol. The zero-order valence-corrected chi connectivity index (χ0v) is 20.5. The highest BCUT2D eigenvalue weighted by Crippen LogP contribution is 2.38. The van der Waals surface area contributed by atoms with Crippen molar-refractivity contribution in [2.45, 2.75) is 31.7 Å². The van der Waals surface area contributed by atoms with E-state index in [0.29, 0.717) is 61.3 Å². The molecule has 2 aliphatic rings. The van der Waals surface area contributed by atoms with Gasteiger partial charge in [-0.2, -0.15) is 9.29 Å². The largest absolute Gasteiger partial charge is 0.482 e. The van der Waals surface area contributed by atoms with Crippen molar-refractivity contribution >= 4 is 27.3 Å². The lowest BCUT2D eigenvalue weighted by Gasteiger charge is -2.36. The number of amides is 1. The van der Waals surface area contributed by atoms with Gasteiger partial charge in [0.05, 0.1) is 17.1 Å². The Hall–Kier alpha value is -3.44. The van der Waals surface area contributed by atoms with E-state index in [0.717, 1.165) is 5.69 Å². The molecule has 35 heavy (non-hydrogen) atoms. The molecule has 184 valence electrons. The Morgan fingerprint density at radius 1 is 1.06 bits per heavy atom. The quantitative estimate of drug-likeness (QED) is 0.511. The maximum Gasteiger partial charge on any atom is 0.265 e. The summed E-state index contributed by atoms with van der Waals surface area (Å²) in [4.78, 5) is 20.8. The summed E-state index contributed by atoms with van der Waals surface area (Å²) in [6, 6.07) is 13.2. The van der Waals surface area contributed by atoms with Crippen LogP contribution < -0.4 is 14.5 Å². The molecule has 2 aliphatic heterocycles. The van der Waals surface area contributed by atoms with Gasteiger partial charge in [-0.15, -0.1) is 0 Å². The van der Waals surface area contributed by atoms with Crippen molar-refractivity contribution in [1.29, 1.82) is 0 Å². The van der Waals surface area contributed by atoms with Gasteiger partial charge in [0.15, 0.2) is 12.4 Å². The molecule has 0 unspecified atom stereocenters. The molecule has 10 nitrogen and oxygen atoms in total. The molecule has 5 rings (SSSR count). The molecular formula is C24H27N5O5S. The summed E-state index contributed by atoms with van der Waals surface area (Å²) in [5, 5.41) is 3.93. The number of sulfonamides is 1. The third-order valence-corrected chi connectivity index (χ3v) is 8.33. The number of hydrogen-bond donors (Lipinski definition) is 0. The van der Waals surface area contributed by atoms with E-state index in [2.05, 4.69) is 15.0 Å². The van der Waals surface area contributed by atoms with Gasteiger partial charge < -0.3 is 14.2 Å². The van der Waals surface area contributed by atoms with Gasteiger partial charge in [-0.05, 0) is 30.7 Å². The van der Waals surface area contributed by atoms with Crippen molar-refractivity contribution < 1.29 is 22.5 Å². The average molecular weight is 498 g/mol. The number of carbonyl (C=O) groups excluding carboxylic acids is 1. The summed E-state index contributed by atoms with van der Waals surface area (Å²) in [6.07, 6.45) is 0.598. The summed E-state index contributed by atoms with van der Waals surface area (Å²) >= 11 is 0. The minimum absolute atomic E-state index is 0.117. The van der Waals surface area contributed by atoms with Crippen LogP contribution in [0.1, 0.15) is 24.2 Å². The molecule has 1 saturated heterocycles. The van der Waals surface area contributed by atoms with E-state index < -0.39 is 10.0 Å². The number of para-hydroxylation sites is 1. The van der Waals surface area contributed by atoms with Crippen molar-refractivity contribution in [3.05, 3.63) is 59.7 Å². The Morgan fingerprint density at radius 2 is 1.80 bits per heavy atom. The fourth-order valence-corrected chi connectivity index (χ4v) is 6.03.